The Morgan fingerprint density at radius 2 is 1.81 bits per heavy atom. The Bertz CT molecular complexity index is 1340. The zero-order valence-corrected chi connectivity index (χ0v) is 18.1. The molecule has 158 valence electrons. The maximum atomic E-state index is 13.5. The molecule has 0 saturated carbocycles. The highest BCUT2D eigenvalue weighted by molar-refractivity contribution is 7.91. The van der Waals surface area contributed by atoms with Crippen molar-refractivity contribution >= 4 is 32.7 Å². The molecule has 0 aliphatic carbocycles. The summed E-state index contributed by atoms with van der Waals surface area (Å²) in [6.45, 7) is 2.72. The Morgan fingerprint density at radius 3 is 2.58 bits per heavy atom. The highest BCUT2D eigenvalue weighted by Crippen LogP contribution is 2.38. The molecule has 0 radical (unpaired) electrons. The average Bonchev–Trinajstić information content (AvgIpc) is 3.45. The number of hydrogen-bond acceptors (Lipinski definition) is 8. The van der Waals surface area contributed by atoms with Gasteiger partial charge in [0.25, 0.3) is 0 Å². The van der Waals surface area contributed by atoms with E-state index in [0.29, 0.717) is 24.7 Å². The molecule has 2 aromatic heterocycles. The third-order valence-corrected chi connectivity index (χ3v) is 7.32. The molecule has 1 aliphatic heterocycles. The topological polar surface area (TPSA) is 90.7 Å². The number of hydrogen-bond donors (Lipinski definition) is 1. The van der Waals surface area contributed by atoms with Gasteiger partial charge in [-0.25, -0.2) is 8.42 Å². The molecule has 4 aromatic rings. The van der Waals surface area contributed by atoms with E-state index in [2.05, 4.69) is 10.3 Å². The molecule has 0 bridgehead atoms. The summed E-state index contributed by atoms with van der Waals surface area (Å²) in [6.07, 6.45) is 0. The van der Waals surface area contributed by atoms with Crippen molar-refractivity contribution in [3.05, 3.63) is 65.5 Å². The highest BCUT2D eigenvalue weighted by atomic mass is 32.2. The van der Waals surface area contributed by atoms with Crippen LogP contribution in [0.5, 0.6) is 11.5 Å². The van der Waals surface area contributed by atoms with Gasteiger partial charge in [-0.1, -0.05) is 24.3 Å². The molecule has 0 fully saturated rings. The van der Waals surface area contributed by atoms with Crippen LogP contribution in [-0.2, 0) is 9.84 Å². The first-order valence-corrected chi connectivity index (χ1v) is 11.9. The average molecular weight is 455 g/mol. The zero-order chi connectivity index (χ0) is 21.4. The van der Waals surface area contributed by atoms with Gasteiger partial charge in [0.2, 0.25) is 26.6 Å². The van der Waals surface area contributed by atoms with Crippen LogP contribution in [0.15, 0.2) is 74.3 Å². The fraction of sp³-hybridized carbons (Fsp3) is 0.136. The minimum atomic E-state index is -4.00. The van der Waals surface area contributed by atoms with Gasteiger partial charge in [0.1, 0.15) is 13.2 Å². The summed E-state index contributed by atoms with van der Waals surface area (Å²) in [5.41, 5.74) is 1.68. The minimum Gasteiger partial charge on any atom is -0.486 e. The number of aryl methyl sites for hydroxylation is 1. The predicted octanol–water partition coefficient (Wildman–Crippen LogP) is 5.06. The summed E-state index contributed by atoms with van der Waals surface area (Å²) in [5, 5.41) is 4.80. The molecule has 0 amide bonds. The first kappa shape index (κ1) is 19.7. The maximum Gasteiger partial charge on any atom is 0.240 e. The maximum absolute atomic E-state index is 13.5. The zero-order valence-electron chi connectivity index (χ0n) is 16.5. The molecule has 0 saturated heterocycles. The Labute approximate surface area is 183 Å². The van der Waals surface area contributed by atoms with Gasteiger partial charge >= 0.3 is 0 Å². The molecule has 3 heterocycles. The van der Waals surface area contributed by atoms with Crippen molar-refractivity contribution in [3.63, 3.8) is 0 Å². The number of anilines is 2. The minimum absolute atomic E-state index is 0.0515. The summed E-state index contributed by atoms with van der Waals surface area (Å²) in [7, 11) is -4.00. The van der Waals surface area contributed by atoms with Gasteiger partial charge in [-0.2, -0.15) is 4.98 Å². The van der Waals surface area contributed by atoms with E-state index in [9.17, 15) is 8.42 Å². The third kappa shape index (κ3) is 3.66. The van der Waals surface area contributed by atoms with Crippen LogP contribution < -0.4 is 14.8 Å². The second-order valence-corrected chi connectivity index (χ2v) is 9.69. The first-order valence-electron chi connectivity index (χ1n) is 9.54. The summed E-state index contributed by atoms with van der Waals surface area (Å²) in [5.74, 6) is 1.21. The van der Waals surface area contributed by atoms with Crippen molar-refractivity contribution in [2.24, 2.45) is 0 Å². The first-order chi connectivity index (χ1) is 15.0. The van der Waals surface area contributed by atoms with Crippen molar-refractivity contribution < 1.29 is 22.3 Å². The standard InChI is InChI=1S/C22H18N2O5S2/c1-14-5-2-3-6-16(14)23-21-22(24-20(29-21)19-7-4-12-30-19)31(25,26)15-8-9-17-18(13-15)28-11-10-27-17/h2-9,12-13,23H,10-11H2,1H3. The Hall–Kier alpha value is -3.30. The van der Waals surface area contributed by atoms with E-state index in [-0.39, 0.29) is 21.7 Å². The predicted molar refractivity (Wildman–Crippen MR) is 117 cm³/mol. The van der Waals surface area contributed by atoms with E-state index >= 15 is 0 Å². The number of fused-ring (bicyclic) bond motifs is 1. The van der Waals surface area contributed by atoms with Crippen LogP contribution in [0.4, 0.5) is 11.6 Å². The molecular weight excluding hydrogens is 436 g/mol. The van der Waals surface area contributed by atoms with Crippen LogP contribution in [0, 0.1) is 6.92 Å². The lowest BCUT2D eigenvalue weighted by molar-refractivity contribution is 0.171. The number of para-hydroxylation sites is 1. The van der Waals surface area contributed by atoms with Crippen molar-refractivity contribution in [2.45, 2.75) is 16.8 Å². The number of nitrogens with one attached hydrogen (secondary N) is 1. The van der Waals surface area contributed by atoms with E-state index in [0.717, 1.165) is 16.1 Å². The monoisotopic (exact) mass is 454 g/mol. The normalized spacial score (nSPS) is 13.2. The Balaban J connectivity index is 1.62. The van der Waals surface area contributed by atoms with Gasteiger partial charge < -0.3 is 19.2 Å². The van der Waals surface area contributed by atoms with Gasteiger partial charge in [-0.3, -0.25) is 0 Å². The van der Waals surface area contributed by atoms with Crippen LogP contribution in [0.25, 0.3) is 10.8 Å². The number of rotatable bonds is 5. The number of aromatic nitrogens is 1. The van der Waals surface area contributed by atoms with Gasteiger partial charge in [0.05, 0.1) is 9.77 Å². The summed E-state index contributed by atoms with van der Waals surface area (Å²) in [4.78, 5) is 5.14. The molecule has 2 aromatic carbocycles. The van der Waals surface area contributed by atoms with Crippen LogP contribution in [0.3, 0.4) is 0 Å². The van der Waals surface area contributed by atoms with Crippen LogP contribution in [0.1, 0.15) is 5.56 Å². The van der Waals surface area contributed by atoms with Crippen molar-refractivity contribution in [3.8, 4) is 22.3 Å². The number of thiophene rings is 1. The number of benzene rings is 2. The molecule has 31 heavy (non-hydrogen) atoms. The van der Waals surface area contributed by atoms with E-state index < -0.39 is 9.84 Å². The second-order valence-electron chi connectivity index (χ2n) is 6.88. The lowest BCUT2D eigenvalue weighted by Crippen LogP contribution is -2.16. The molecule has 7 nitrogen and oxygen atoms in total. The number of ether oxygens (including phenoxy) is 2. The van der Waals surface area contributed by atoms with Gasteiger partial charge in [0.15, 0.2) is 11.5 Å². The fourth-order valence-corrected chi connectivity index (χ4v) is 5.13. The van der Waals surface area contributed by atoms with Gasteiger partial charge in [-0.15, -0.1) is 11.3 Å². The summed E-state index contributed by atoms with van der Waals surface area (Å²) >= 11 is 1.42. The van der Waals surface area contributed by atoms with Crippen LogP contribution in [-0.4, -0.2) is 26.6 Å². The molecule has 1 aliphatic rings. The van der Waals surface area contributed by atoms with Gasteiger partial charge in [0, 0.05) is 11.8 Å². The molecule has 1 N–H and O–H groups in total. The largest absolute Gasteiger partial charge is 0.486 e. The number of nitrogens with zero attached hydrogens (tertiary/aromatic N) is 1. The lowest BCUT2D eigenvalue weighted by atomic mass is 10.2. The summed E-state index contributed by atoms with van der Waals surface area (Å²) in [6, 6.07) is 15.8. The van der Waals surface area contributed by atoms with Crippen LogP contribution in [0.2, 0.25) is 0 Å². The Morgan fingerprint density at radius 1 is 1.00 bits per heavy atom. The van der Waals surface area contributed by atoms with E-state index in [4.69, 9.17) is 13.9 Å². The van der Waals surface area contributed by atoms with Gasteiger partial charge in [-0.05, 0) is 42.1 Å². The molecule has 0 unspecified atom stereocenters. The number of oxazole rings is 1. The molecule has 0 atom stereocenters. The van der Waals surface area contributed by atoms with Crippen molar-refractivity contribution in [1.82, 2.24) is 4.98 Å². The van der Waals surface area contributed by atoms with Crippen molar-refractivity contribution in [2.75, 3.05) is 18.5 Å². The van der Waals surface area contributed by atoms with E-state index in [1.54, 1.807) is 6.07 Å². The smallest absolute Gasteiger partial charge is 0.240 e. The lowest BCUT2D eigenvalue weighted by Gasteiger charge is -2.18. The van der Waals surface area contributed by atoms with E-state index in [1.165, 1.54) is 23.5 Å². The highest BCUT2D eigenvalue weighted by Gasteiger charge is 2.30. The second kappa shape index (κ2) is 7.75. The molecule has 0 spiro atoms. The number of sulfone groups is 1. The molecule has 9 heteroatoms. The van der Waals surface area contributed by atoms with E-state index in [1.807, 2.05) is 48.7 Å². The summed E-state index contributed by atoms with van der Waals surface area (Å²) < 4.78 is 44.0. The van der Waals surface area contributed by atoms with Crippen LogP contribution >= 0.6 is 11.3 Å². The SMILES string of the molecule is Cc1ccccc1Nc1oc(-c2cccs2)nc1S(=O)(=O)c1ccc2c(c1)OCCO2. The third-order valence-electron chi connectivity index (χ3n) is 4.80. The quantitative estimate of drug-likeness (QED) is 0.451. The molecule has 5 rings (SSSR count). The molecular formula is C22H18N2O5S2. The fourth-order valence-electron chi connectivity index (χ4n) is 3.21. The Kier molecular flexibility index (Phi) is 4.91. The van der Waals surface area contributed by atoms with Crippen molar-refractivity contribution in [1.29, 1.82) is 0 Å².